The van der Waals surface area contributed by atoms with Crippen molar-refractivity contribution in [3.63, 3.8) is 0 Å². The number of primary amides is 1. The summed E-state index contributed by atoms with van der Waals surface area (Å²) < 4.78 is 0. The van der Waals surface area contributed by atoms with Gasteiger partial charge in [0, 0.05) is 23.1 Å². The first-order valence-electron chi connectivity index (χ1n) is 12.7. The number of nitrogens with two attached hydrogens (primary N) is 1. The highest BCUT2D eigenvalue weighted by molar-refractivity contribution is 6.24. The molecule has 11 heteroatoms. The van der Waals surface area contributed by atoms with E-state index in [1.165, 1.54) is 31.1 Å². The van der Waals surface area contributed by atoms with Crippen LogP contribution in [0.25, 0.3) is 5.76 Å². The topological polar surface area (TPSA) is 190 Å². The van der Waals surface area contributed by atoms with E-state index >= 15 is 0 Å². The van der Waals surface area contributed by atoms with Crippen molar-refractivity contribution in [1.82, 2.24) is 10.2 Å². The molecule has 4 atom stereocenters. The lowest BCUT2D eigenvalue weighted by molar-refractivity contribution is -0.153. The van der Waals surface area contributed by atoms with Crippen molar-refractivity contribution in [3.8, 4) is 5.75 Å². The molecule has 2 fully saturated rings. The van der Waals surface area contributed by atoms with Crippen LogP contribution in [0.5, 0.6) is 5.75 Å². The number of phenols is 1. The Kier molecular flexibility index (Phi) is 6.20. The first kappa shape index (κ1) is 26.1. The lowest BCUT2D eigenvalue weighted by Gasteiger charge is -2.50. The summed E-state index contributed by atoms with van der Waals surface area (Å²) in [6.07, 6.45) is 3.13. The van der Waals surface area contributed by atoms with Crippen molar-refractivity contribution in [1.29, 1.82) is 0 Å². The zero-order chi connectivity index (χ0) is 27.7. The monoisotopic (exact) mass is 525 g/mol. The zero-order valence-electron chi connectivity index (χ0n) is 21.2. The van der Waals surface area contributed by atoms with Crippen molar-refractivity contribution in [2.75, 3.05) is 20.6 Å². The summed E-state index contributed by atoms with van der Waals surface area (Å²) in [4.78, 5) is 53.6. The number of aliphatic hydroxyl groups excluding tert-OH is 2. The van der Waals surface area contributed by atoms with Crippen LogP contribution in [0.2, 0.25) is 0 Å². The molecule has 0 unspecified atom stereocenters. The van der Waals surface area contributed by atoms with Crippen LogP contribution in [0.1, 0.15) is 47.2 Å². The van der Waals surface area contributed by atoms with E-state index in [0.29, 0.717) is 11.1 Å². The summed E-state index contributed by atoms with van der Waals surface area (Å²) in [5.74, 6) is -7.41. The summed E-state index contributed by atoms with van der Waals surface area (Å²) >= 11 is 0. The molecule has 1 aromatic carbocycles. The molecule has 7 N–H and O–H groups in total. The number of aromatic hydroxyl groups is 1. The second-order valence-corrected chi connectivity index (χ2v) is 10.9. The maximum Gasteiger partial charge on any atom is 0.255 e. The highest BCUT2D eigenvalue weighted by Crippen LogP contribution is 2.52. The molecule has 11 nitrogen and oxygen atoms in total. The van der Waals surface area contributed by atoms with Crippen LogP contribution in [0.4, 0.5) is 0 Å². The molecule has 38 heavy (non-hydrogen) atoms. The van der Waals surface area contributed by atoms with Gasteiger partial charge in [-0.2, -0.15) is 0 Å². The zero-order valence-corrected chi connectivity index (χ0v) is 21.2. The number of carbonyl (C=O) groups is 4. The average Bonchev–Trinajstić information content (AvgIpc) is 2.80. The molecule has 5 rings (SSSR count). The predicted octanol–water partition coefficient (Wildman–Crippen LogP) is 0.289. The third-order valence-electron chi connectivity index (χ3n) is 8.56. The average molecular weight is 526 g/mol. The Balaban J connectivity index is 1.63. The molecule has 4 aliphatic carbocycles. The molecule has 2 saturated carbocycles. The minimum Gasteiger partial charge on any atom is -0.508 e. The Bertz CT molecular complexity index is 1340. The van der Waals surface area contributed by atoms with Gasteiger partial charge in [-0.25, -0.2) is 0 Å². The number of fused-ring (bicyclic) bond motifs is 3. The third-order valence-corrected chi connectivity index (χ3v) is 8.56. The molecular weight excluding hydrogens is 494 g/mol. The molecule has 4 aliphatic rings. The number of phenolic OH excluding ortho intramolecular Hbond substituents is 1. The summed E-state index contributed by atoms with van der Waals surface area (Å²) in [5.41, 5.74) is 2.11. The first-order chi connectivity index (χ1) is 17.9. The fraction of sp³-hybridized carbons (Fsp3) is 0.481. The molecule has 0 aromatic heterocycles. The maximum absolute atomic E-state index is 13.8. The van der Waals surface area contributed by atoms with Crippen molar-refractivity contribution in [2.24, 2.45) is 17.6 Å². The van der Waals surface area contributed by atoms with E-state index in [-0.39, 0.29) is 48.1 Å². The number of nitrogens with one attached hydrogen (secondary N) is 1. The van der Waals surface area contributed by atoms with Gasteiger partial charge in [0.15, 0.2) is 17.2 Å². The first-order valence-corrected chi connectivity index (χ1v) is 12.7. The number of carbonyl (C=O) groups excluding carboxylic acids is 4. The van der Waals surface area contributed by atoms with Gasteiger partial charge in [-0.3, -0.25) is 24.1 Å². The highest BCUT2D eigenvalue weighted by atomic mass is 16.3. The van der Waals surface area contributed by atoms with Gasteiger partial charge in [-0.05, 0) is 63.4 Å². The largest absolute Gasteiger partial charge is 0.508 e. The van der Waals surface area contributed by atoms with Gasteiger partial charge in [0.05, 0.1) is 18.2 Å². The van der Waals surface area contributed by atoms with Crippen LogP contribution in [-0.4, -0.2) is 86.9 Å². The van der Waals surface area contributed by atoms with Crippen LogP contribution < -0.4 is 11.1 Å². The number of aliphatic hydroxyl groups is 3. The van der Waals surface area contributed by atoms with Gasteiger partial charge in [0.2, 0.25) is 5.78 Å². The van der Waals surface area contributed by atoms with Crippen LogP contribution in [-0.2, 0) is 20.8 Å². The van der Waals surface area contributed by atoms with Crippen LogP contribution in [0, 0.1) is 11.8 Å². The van der Waals surface area contributed by atoms with Gasteiger partial charge >= 0.3 is 0 Å². The molecule has 0 heterocycles. The third kappa shape index (κ3) is 3.60. The fourth-order valence-corrected chi connectivity index (χ4v) is 6.45. The maximum atomic E-state index is 13.8. The number of ketones is 3. The molecule has 0 saturated heterocycles. The highest BCUT2D eigenvalue weighted by Gasteiger charge is 2.64. The fourth-order valence-electron chi connectivity index (χ4n) is 6.45. The minimum absolute atomic E-state index is 0.0324. The normalized spacial score (nSPS) is 29.1. The predicted molar refractivity (Wildman–Crippen MR) is 134 cm³/mol. The SMILES string of the molecule is CN(C)[C@@H]1C(=O)C(C(N)=O)=C(O)[C@@]2(O)C(=O)C3=C(O)c4c(O)ccc(C(=O)CNC5CCC5)c4C[C@H]3C[C@@H]12. The molecule has 0 radical (unpaired) electrons. The number of nitrogens with zero attached hydrogens (tertiary/aromatic N) is 1. The standard InChI is InChI=1S/C27H31N3O8/c1-30(2)21-15-9-11-8-14-13(17(32)10-29-12-4-3-5-12)6-7-16(31)19(14)22(33)18(11)24(35)27(15,38)25(36)20(23(21)34)26(28)37/h6-7,11-12,15,21,29,31,33,36,38H,3-5,8-10H2,1-2H3,(H2,28,37)/t11-,15-,21-,27-/m0/s1. The van der Waals surface area contributed by atoms with Crippen LogP contribution >= 0.6 is 0 Å². The van der Waals surface area contributed by atoms with Gasteiger partial charge < -0.3 is 31.5 Å². The van der Waals surface area contributed by atoms with E-state index in [1.807, 2.05) is 0 Å². The van der Waals surface area contributed by atoms with Crippen molar-refractivity contribution >= 4 is 29.0 Å². The van der Waals surface area contributed by atoms with E-state index in [1.54, 1.807) is 0 Å². The molecule has 202 valence electrons. The number of likely N-dealkylation sites (N-methyl/N-ethyl adjacent to an activating group) is 1. The van der Waals surface area contributed by atoms with Gasteiger partial charge in [0.25, 0.3) is 5.91 Å². The van der Waals surface area contributed by atoms with Crippen LogP contribution in [0.15, 0.2) is 29.0 Å². The summed E-state index contributed by atoms with van der Waals surface area (Å²) in [6.45, 7) is 0.0803. The molecule has 1 amide bonds. The van der Waals surface area contributed by atoms with E-state index in [0.717, 1.165) is 19.3 Å². The van der Waals surface area contributed by atoms with E-state index in [2.05, 4.69) is 5.32 Å². The second-order valence-electron chi connectivity index (χ2n) is 10.9. The van der Waals surface area contributed by atoms with Crippen LogP contribution in [0.3, 0.4) is 0 Å². The Morgan fingerprint density at radius 2 is 1.84 bits per heavy atom. The van der Waals surface area contributed by atoms with E-state index in [4.69, 9.17) is 5.73 Å². The molecular formula is C27H31N3O8. The summed E-state index contributed by atoms with van der Waals surface area (Å²) in [5, 5.41) is 47.6. The minimum atomic E-state index is -2.69. The Hall–Kier alpha value is -3.54. The lowest BCUT2D eigenvalue weighted by Crippen LogP contribution is -2.65. The number of hydrogen-bond donors (Lipinski definition) is 6. The number of benzene rings is 1. The van der Waals surface area contributed by atoms with E-state index in [9.17, 15) is 39.6 Å². The van der Waals surface area contributed by atoms with Gasteiger partial charge in [-0.15, -0.1) is 0 Å². The smallest absolute Gasteiger partial charge is 0.255 e. The molecule has 0 bridgehead atoms. The molecule has 0 aliphatic heterocycles. The number of amides is 1. The summed E-state index contributed by atoms with van der Waals surface area (Å²) in [6, 6.07) is 1.86. The Morgan fingerprint density at radius 1 is 1.16 bits per heavy atom. The van der Waals surface area contributed by atoms with Crippen molar-refractivity contribution in [2.45, 2.75) is 49.8 Å². The van der Waals surface area contributed by atoms with E-state index < -0.39 is 58.0 Å². The van der Waals surface area contributed by atoms with Gasteiger partial charge in [-0.1, -0.05) is 6.42 Å². The second kappa shape index (κ2) is 9.04. The number of hydrogen-bond acceptors (Lipinski definition) is 10. The summed E-state index contributed by atoms with van der Waals surface area (Å²) in [7, 11) is 3.08. The quantitative estimate of drug-likeness (QED) is 0.222. The van der Waals surface area contributed by atoms with Crippen molar-refractivity contribution < 1.29 is 39.6 Å². The number of rotatable bonds is 6. The molecule has 1 aromatic rings. The van der Waals surface area contributed by atoms with Gasteiger partial charge in [0.1, 0.15) is 22.8 Å². The molecule has 0 spiro atoms. The van der Waals surface area contributed by atoms with Crippen molar-refractivity contribution in [3.05, 3.63) is 45.7 Å². The Morgan fingerprint density at radius 3 is 2.42 bits per heavy atom. The Labute approximate surface area is 218 Å². The lowest BCUT2D eigenvalue weighted by atomic mass is 9.57. The number of Topliss-reactive ketones (excluding diaryl/α,β-unsaturated/α-hetero) is 3.